The van der Waals surface area contributed by atoms with Crippen LogP contribution in [0.15, 0.2) is 30.5 Å². The van der Waals surface area contributed by atoms with Crippen LogP contribution in [0.5, 0.6) is 5.75 Å². The van der Waals surface area contributed by atoms with Gasteiger partial charge in [-0.1, -0.05) is 81.6 Å². The Morgan fingerprint density at radius 1 is 1.06 bits per heavy atom. The molecule has 0 spiro atoms. The van der Waals surface area contributed by atoms with Gasteiger partial charge in [-0.05, 0) is 36.4 Å². The maximum Gasteiger partial charge on any atom is 0.118 e. The van der Waals surface area contributed by atoms with Crippen molar-refractivity contribution >= 4 is 13.3 Å². The van der Waals surface area contributed by atoms with Crippen LogP contribution >= 0.6 is 0 Å². The molecule has 1 N–H and O–H groups in total. The van der Waals surface area contributed by atoms with Gasteiger partial charge in [0.15, 0.2) is 0 Å². The summed E-state index contributed by atoms with van der Waals surface area (Å²) in [6.45, 7) is 10.6. The summed E-state index contributed by atoms with van der Waals surface area (Å²) in [5, 5.41) is 19.1. The summed E-state index contributed by atoms with van der Waals surface area (Å²) in [5.41, 5.74) is 1.39. The van der Waals surface area contributed by atoms with Gasteiger partial charge in [-0.15, -0.1) is 5.10 Å². The molecule has 0 aliphatic carbocycles. The van der Waals surface area contributed by atoms with Crippen molar-refractivity contribution in [2.24, 2.45) is 5.92 Å². The zero-order valence-corrected chi connectivity index (χ0v) is 22.9. The normalized spacial score (nSPS) is 22.9. The van der Waals surface area contributed by atoms with Gasteiger partial charge >= 0.3 is 0 Å². The summed E-state index contributed by atoms with van der Waals surface area (Å²) in [4.78, 5) is 0. The van der Waals surface area contributed by atoms with E-state index in [1.54, 1.807) is 7.11 Å². The molecule has 1 aromatic carbocycles. The average molecular weight is 488 g/mol. The first-order chi connectivity index (χ1) is 16.4. The zero-order valence-electron chi connectivity index (χ0n) is 21.9. The van der Waals surface area contributed by atoms with Crippen LogP contribution in [-0.2, 0) is 17.7 Å². The third-order valence-electron chi connectivity index (χ3n) is 7.76. The molecular formula is C27H45N3O3Si. The quantitative estimate of drug-likeness (QED) is 0.301. The Balaban J connectivity index is 1.74. The fraction of sp³-hybridized carbons (Fsp3) is 0.704. The minimum Gasteiger partial charge on any atom is -0.497 e. The highest BCUT2D eigenvalue weighted by Crippen LogP contribution is 2.46. The van der Waals surface area contributed by atoms with E-state index < -0.39 is 8.07 Å². The lowest BCUT2D eigenvalue weighted by Crippen LogP contribution is -2.50. The summed E-state index contributed by atoms with van der Waals surface area (Å²) in [5.74, 6) is 1.45. The standard InChI is InChI=1S/C27H45N3O3Si/c1-6-7-8-9-10-11-25-21(2)27(34(4,5)24-14-12-23(32-3)13-15-24)26(33-25)16-18-30-20-22(17-19-31)28-29-30/h12-15,20-21,25-27,31H,6-11,16-19H2,1-5H3/t21-,25+,26-,27+/m1/s1. The van der Waals surface area contributed by atoms with E-state index in [0.29, 0.717) is 24.0 Å². The van der Waals surface area contributed by atoms with Gasteiger partial charge in [-0.2, -0.15) is 0 Å². The van der Waals surface area contributed by atoms with Gasteiger partial charge in [-0.3, -0.25) is 4.68 Å². The van der Waals surface area contributed by atoms with Gasteiger partial charge in [0.2, 0.25) is 0 Å². The van der Waals surface area contributed by atoms with E-state index in [2.05, 4.69) is 61.5 Å². The highest BCUT2D eigenvalue weighted by molar-refractivity contribution is 6.91. The Kier molecular flexibility index (Phi) is 10.2. The van der Waals surface area contributed by atoms with Gasteiger partial charge in [0.1, 0.15) is 5.75 Å². The van der Waals surface area contributed by atoms with Crippen LogP contribution in [0.3, 0.4) is 0 Å². The van der Waals surface area contributed by atoms with Crippen molar-refractivity contribution in [2.75, 3.05) is 13.7 Å². The summed E-state index contributed by atoms with van der Waals surface area (Å²) < 4.78 is 14.1. The first-order valence-electron chi connectivity index (χ1n) is 13.2. The van der Waals surface area contributed by atoms with Crippen molar-refractivity contribution in [3.05, 3.63) is 36.2 Å². The molecule has 0 radical (unpaired) electrons. The summed E-state index contributed by atoms with van der Waals surface area (Å²) in [6, 6.07) is 8.74. The molecule has 0 amide bonds. The van der Waals surface area contributed by atoms with Gasteiger partial charge in [-0.25, -0.2) is 0 Å². The Morgan fingerprint density at radius 2 is 1.79 bits per heavy atom. The summed E-state index contributed by atoms with van der Waals surface area (Å²) in [7, 11) is -0.0908. The number of aromatic nitrogens is 3. The lowest BCUT2D eigenvalue weighted by molar-refractivity contribution is 0.0233. The molecule has 1 aliphatic heterocycles. The van der Waals surface area contributed by atoms with Crippen LogP contribution in [0, 0.1) is 5.92 Å². The maximum absolute atomic E-state index is 9.17. The van der Waals surface area contributed by atoms with E-state index in [-0.39, 0.29) is 12.7 Å². The highest BCUT2D eigenvalue weighted by atomic mass is 28.3. The Hall–Kier alpha value is -1.70. The van der Waals surface area contributed by atoms with Gasteiger partial charge in [0.05, 0.1) is 33.1 Å². The largest absolute Gasteiger partial charge is 0.497 e. The van der Waals surface area contributed by atoms with E-state index >= 15 is 0 Å². The van der Waals surface area contributed by atoms with Gasteiger partial charge in [0, 0.05) is 25.8 Å². The molecule has 6 nitrogen and oxygen atoms in total. The third-order valence-corrected chi connectivity index (χ3v) is 12.1. The molecule has 2 heterocycles. The van der Waals surface area contributed by atoms with Crippen LogP contribution in [0.25, 0.3) is 0 Å². The maximum atomic E-state index is 9.17. The second kappa shape index (κ2) is 12.8. The van der Waals surface area contributed by atoms with Crippen LogP contribution in [0.1, 0.15) is 64.5 Å². The molecule has 7 heteroatoms. The van der Waals surface area contributed by atoms with Crippen molar-refractivity contribution in [3.8, 4) is 5.75 Å². The number of rotatable bonds is 14. The number of nitrogens with zero attached hydrogens (tertiary/aromatic N) is 3. The Labute approximate surface area is 207 Å². The molecular weight excluding hydrogens is 442 g/mol. The average Bonchev–Trinajstić information content (AvgIpc) is 3.41. The van der Waals surface area contributed by atoms with E-state index in [0.717, 1.165) is 30.8 Å². The van der Waals surface area contributed by atoms with E-state index in [1.807, 2.05) is 10.9 Å². The van der Waals surface area contributed by atoms with Gasteiger partial charge in [0.25, 0.3) is 0 Å². The molecule has 0 saturated carbocycles. The number of aliphatic hydroxyl groups is 1. The number of hydrogen-bond acceptors (Lipinski definition) is 5. The third kappa shape index (κ3) is 6.70. The molecule has 34 heavy (non-hydrogen) atoms. The first kappa shape index (κ1) is 26.9. The van der Waals surface area contributed by atoms with Crippen LogP contribution in [-0.4, -0.2) is 54.1 Å². The predicted octanol–water partition coefficient (Wildman–Crippen LogP) is 4.96. The Bertz CT molecular complexity index is 855. The number of unbranched alkanes of at least 4 members (excludes halogenated alkanes) is 4. The second-order valence-corrected chi connectivity index (χ2v) is 15.2. The Morgan fingerprint density at radius 3 is 2.47 bits per heavy atom. The summed E-state index contributed by atoms with van der Waals surface area (Å²) >= 11 is 0. The molecule has 3 rings (SSSR count). The van der Waals surface area contributed by atoms with E-state index in [4.69, 9.17) is 9.47 Å². The molecule has 1 saturated heterocycles. The predicted molar refractivity (Wildman–Crippen MR) is 140 cm³/mol. The zero-order chi connectivity index (χ0) is 24.6. The smallest absolute Gasteiger partial charge is 0.118 e. The number of ether oxygens (including phenoxy) is 2. The minimum absolute atomic E-state index is 0.103. The minimum atomic E-state index is -1.81. The molecule has 1 fully saturated rings. The molecule has 1 aromatic heterocycles. The lowest BCUT2D eigenvalue weighted by atomic mass is 9.95. The summed E-state index contributed by atoms with van der Waals surface area (Å²) in [6.07, 6.45) is 11.7. The SMILES string of the molecule is CCCCCCC[C@@H]1O[C@H](CCn2cc(CCO)nn2)[C@@H]([Si](C)(C)c2ccc(OC)cc2)[C@@H]1C. The van der Waals surface area contributed by atoms with Crippen LogP contribution in [0.2, 0.25) is 18.6 Å². The molecule has 0 bridgehead atoms. The first-order valence-corrected chi connectivity index (χ1v) is 16.3. The number of benzene rings is 1. The molecule has 1 aliphatic rings. The van der Waals surface area contributed by atoms with Crippen LogP contribution < -0.4 is 9.92 Å². The molecule has 4 atom stereocenters. The lowest BCUT2D eigenvalue weighted by Gasteiger charge is -2.36. The topological polar surface area (TPSA) is 69.4 Å². The van der Waals surface area contributed by atoms with E-state index in [1.165, 1.54) is 37.3 Å². The molecule has 190 valence electrons. The van der Waals surface area contributed by atoms with Crippen LogP contribution in [0.4, 0.5) is 0 Å². The fourth-order valence-corrected chi connectivity index (χ4v) is 9.92. The number of hydrogen-bond donors (Lipinski definition) is 1. The molecule has 2 aromatic rings. The monoisotopic (exact) mass is 487 g/mol. The number of methoxy groups -OCH3 is 1. The molecule has 0 unspecified atom stereocenters. The van der Waals surface area contributed by atoms with Crippen molar-refractivity contribution < 1.29 is 14.6 Å². The number of aliphatic hydroxyl groups excluding tert-OH is 1. The second-order valence-electron chi connectivity index (χ2n) is 10.5. The van der Waals surface area contributed by atoms with Crippen molar-refractivity contribution in [2.45, 2.75) is 103 Å². The van der Waals surface area contributed by atoms with Crippen molar-refractivity contribution in [3.63, 3.8) is 0 Å². The van der Waals surface area contributed by atoms with Gasteiger partial charge < -0.3 is 14.6 Å². The van der Waals surface area contributed by atoms with Crippen molar-refractivity contribution in [1.29, 1.82) is 0 Å². The number of aryl methyl sites for hydroxylation is 1. The van der Waals surface area contributed by atoms with Crippen molar-refractivity contribution in [1.82, 2.24) is 15.0 Å². The van der Waals surface area contributed by atoms with E-state index in [9.17, 15) is 5.11 Å². The highest BCUT2D eigenvalue weighted by Gasteiger charge is 2.50. The fourth-order valence-electron chi connectivity index (χ4n) is 5.80.